The number of aromatic nitrogens is 4. The van der Waals surface area contributed by atoms with Crippen molar-refractivity contribution in [3.8, 4) is 21.8 Å². The molecule has 0 saturated carbocycles. The number of rotatable bonds is 4. The van der Waals surface area contributed by atoms with E-state index in [2.05, 4.69) is 25.9 Å². The van der Waals surface area contributed by atoms with Gasteiger partial charge in [-0.15, -0.1) is 21.5 Å². The van der Waals surface area contributed by atoms with E-state index < -0.39 is 0 Å². The van der Waals surface area contributed by atoms with Gasteiger partial charge in [-0.1, -0.05) is 24.3 Å². The number of benzene rings is 2. The summed E-state index contributed by atoms with van der Waals surface area (Å²) in [5, 5.41) is 18.6. The molecule has 0 spiro atoms. The van der Waals surface area contributed by atoms with Gasteiger partial charge in [0.1, 0.15) is 0 Å². The third-order valence-electron chi connectivity index (χ3n) is 3.86. The average molecular weight is 362 g/mol. The highest BCUT2D eigenvalue weighted by atomic mass is 32.1. The summed E-state index contributed by atoms with van der Waals surface area (Å²) in [7, 11) is 0. The van der Waals surface area contributed by atoms with Crippen LogP contribution >= 0.6 is 11.3 Å². The van der Waals surface area contributed by atoms with Crippen molar-refractivity contribution in [2.75, 3.05) is 11.1 Å². The van der Waals surface area contributed by atoms with Crippen molar-refractivity contribution in [2.24, 2.45) is 0 Å². The van der Waals surface area contributed by atoms with Crippen LogP contribution in [0, 0.1) is 0 Å². The van der Waals surface area contributed by atoms with Crippen LogP contribution in [0.4, 0.5) is 11.4 Å². The summed E-state index contributed by atoms with van der Waals surface area (Å²) >= 11 is 1.63. The number of carbonyl (C=O) groups excluding carboxylic acids is 1. The van der Waals surface area contributed by atoms with Crippen molar-refractivity contribution in [1.29, 1.82) is 0 Å². The Hall–Kier alpha value is -3.52. The molecule has 2 heterocycles. The van der Waals surface area contributed by atoms with Crippen LogP contribution in [0.25, 0.3) is 21.8 Å². The highest BCUT2D eigenvalue weighted by Crippen LogP contribution is 2.30. The SMILES string of the molecule is Nc1ccc(-c2cccs2)cc1NC(=O)c1ccc(-c2nn[nH]n2)cc1. The molecule has 2 aromatic carbocycles. The molecule has 128 valence electrons. The molecular formula is C18H14N6OS. The summed E-state index contributed by atoms with van der Waals surface area (Å²) in [5.41, 5.74) is 9.42. The molecule has 0 saturated heterocycles. The highest BCUT2D eigenvalue weighted by Gasteiger charge is 2.11. The largest absolute Gasteiger partial charge is 0.397 e. The Morgan fingerprint density at radius 2 is 1.88 bits per heavy atom. The summed E-state index contributed by atoms with van der Waals surface area (Å²) in [6.07, 6.45) is 0. The monoisotopic (exact) mass is 362 g/mol. The lowest BCUT2D eigenvalue weighted by atomic mass is 10.1. The van der Waals surface area contributed by atoms with Crippen LogP contribution in [0.15, 0.2) is 60.0 Å². The smallest absolute Gasteiger partial charge is 0.255 e. The number of hydrogen-bond acceptors (Lipinski definition) is 6. The zero-order valence-electron chi connectivity index (χ0n) is 13.5. The maximum Gasteiger partial charge on any atom is 0.255 e. The number of nitrogens with one attached hydrogen (secondary N) is 2. The molecule has 0 bridgehead atoms. The molecular weight excluding hydrogens is 348 g/mol. The fourth-order valence-corrected chi connectivity index (χ4v) is 3.23. The van der Waals surface area contributed by atoms with Gasteiger partial charge in [0.25, 0.3) is 5.91 Å². The lowest BCUT2D eigenvalue weighted by molar-refractivity contribution is 0.102. The van der Waals surface area contributed by atoms with Gasteiger partial charge in [-0.05, 0) is 46.5 Å². The molecule has 0 unspecified atom stereocenters. The topological polar surface area (TPSA) is 110 Å². The number of hydrogen-bond donors (Lipinski definition) is 3. The van der Waals surface area contributed by atoms with E-state index in [-0.39, 0.29) is 5.91 Å². The Bertz CT molecular complexity index is 1030. The van der Waals surface area contributed by atoms with Crippen molar-refractivity contribution in [2.45, 2.75) is 0 Å². The van der Waals surface area contributed by atoms with E-state index in [0.717, 1.165) is 16.0 Å². The number of tetrazole rings is 1. The molecule has 8 heteroatoms. The average Bonchev–Trinajstić information content (AvgIpc) is 3.38. The predicted octanol–water partition coefficient (Wildman–Crippen LogP) is 3.43. The van der Waals surface area contributed by atoms with Crippen molar-refractivity contribution < 1.29 is 4.79 Å². The van der Waals surface area contributed by atoms with Crippen LogP contribution in [-0.4, -0.2) is 26.5 Å². The van der Waals surface area contributed by atoms with Gasteiger partial charge in [0.05, 0.1) is 11.4 Å². The van der Waals surface area contributed by atoms with E-state index in [1.54, 1.807) is 41.7 Å². The van der Waals surface area contributed by atoms with E-state index >= 15 is 0 Å². The molecule has 7 nitrogen and oxygen atoms in total. The van der Waals surface area contributed by atoms with E-state index in [9.17, 15) is 4.79 Å². The molecule has 1 amide bonds. The Labute approximate surface area is 152 Å². The molecule has 2 aromatic heterocycles. The number of H-pyrrole nitrogens is 1. The van der Waals surface area contributed by atoms with E-state index in [4.69, 9.17) is 5.73 Å². The lowest BCUT2D eigenvalue weighted by Crippen LogP contribution is -2.13. The first-order chi connectivity index (χ1) is 12.7. The van der Waals surface area contributed by atoms with Crippen LogP contribution in [-0.2, 0) is 0 Å². The zero-order valence-corrected chi connectivity index (χ0v) is 14.3. The first-order valence-electron chi connectivity index (χ1n) is 7.79. The number of aromatic amines is 1. The summed E-state index contributed by atoms with van der Waals surface area (Å²) in [6.45, 7) is 0. The fraction of sp³-hybridized carbons (Fsp3) is 0. The molecule has 4 rings (SSSR count). The summed E-state index contributed by atoms with van der Waals surface area (Å²) in [5.74, 6) is 0.240. The number of anilines is 2. The Morgan fingerprint density at radius 3 is 2.58 bits per heavy atom. The fourth-order valence-electron chi connectivity index (χ4n) is 2.51. The maximum atomic E-state index is 12.5. The first kappa shape index (κ1) is 16.0. The van der Waals surface area contributed by atoms with Crippen LogP contribution in [0.5, 0.6) is 0 Å². The minimum absolute atomic E-state index is 0.236. The van der Waals surface area contributed by atoms with Crippen LogP contribution in [0.3, 0.4) is 0 Å². The highest BCUT2D eigenvalue weighted by molar-refractivity contribution is 7.13. The minimum Gasteiger partial charge on any atom is -0.397 e. The van der Waals surface area contributed by atoms with E-state index in [1.807, 2.05) is 29.6 Å². The Balaban J connectivity index is 1.55. The molecule has 0 fully saturated rings. The van der Waals surface area contributed by atoms with Gasteiger partial charge in [0, 0.05) is 16.0 Å². The minimum atomic E-state index is -0.236. The first-order valence-corrected chi connectivity index (χ1v) is 8.67. The van der Waals surface area contributed by atoms with Crippen molar-refractivity contribution in [3.63, 3.8) is 0 Å². The molecule has 0 aliphatic carbocycles. The molecule has 0 radical (unpaired) electrons. The van der Waals surface area contributed by atoms with Gasteiger partial charge in [0.15, 0.2) is 0 Å². The van der Waals surface area contributed by atoms with Crippen LogP contribution in [0.1, 0.15) is 10.4 Å². The maximum absolute atomic E-state index is 12.5. The number of thiophene rings is 1. The third kappa shape index (κ3) is 3.17. The zero-order chi connectivity index (χ0) is 17.9. The predicted molar refractivity (Wildman–Crippen MR) is 102 cm³/mol. The van der Waals surface area contributed by atoms with Gasteiger partial charge >= 0.3 is 0 Å². The number of carbonyl (C=O) groups is 1. The number of nitrogen functional groups attached to an aromatic ring is 1. The summed E-state index contributed by atoms with van der Waals surface area (Å²) < 4.78 is 0. The Kier molecular flexibility index (Phi) is 4.16. The third-order valence-corrected chi connectivity index (χ3v) is 4.78. The van der Waals surface area contributed by atoms with E-state index in [0.29, 0.717) is 22.8 Å². The van der Waals surface area contributed by atoms with Gasteiger partial charge < -0.3 is 11.1 Å². The van der Waals surface area contributed by atoms with Crippen LogP contribution in [0.2, 0.25) is 0 Å². The second kappa shape index (κ2) is 6.77. The van der Waals surface area contributed by atoms with Crippen LogP contribution < -0.4 is 11.1 Å². The van der Waals surface area contributed by atoms with Crippen molar-refractivity contribution in [3.05, 3.63) is 65.5 Å². The summed E-state index contributed by atoms with van der Waals surface area (Å²) in [4.78, 5) is 13.7. The van der Waals surface area contributed by atoms with Gasteiger partial charge in [0.2, 0.25) is 5.82 Å². The van der Waals surface area contributed by atoms with E-state index in [1.165, 1.54) is 0 Å². The lowest BCUT2D eigenvalue weighted by Gasteiger charge is -2.10. The molecule has 4 N–H and O–H groups in total. The molecule has 0 aliphatic rings. The Morgan fingerprint density at radius 1 is 1.08 bits per heavy atom. The number of amides is 1. The second-order valence-electron chi connectivity index (χ2n) is 5.55. The molecule has 26 heavy (non-hydrogen) atoms. The van der Waals surface area contributed by atoms with Gasteiger partial charge in [-0.3, -0.25) is 4.79 Å². The second-order valence-corrected chi connectivity index (χ2v) is 6.49. The molecule has 0 aliphatic heterocycles. The van der Waals surface area contributed by atoms with Crippen molar-refractivity contribution >= 4 is 28.6 Å². The standard InChI is InChI=1S/C18H14N6OS/c19-14-8-7-13(16-2-1-9-26-16)10-15(14)20-18(25)12-5-3-11(4-6-12)17-21-23-24-22-17/h1-10H,19H2,(H,20,25)(H,21,22,23,24). The molecule has 0 atom stereocenters. The summed E-state index contributed by atoms with van der Waals surface area (Å²) in [6, 6.07) is 16.6. The normalized spacial score (nSPS) is 10.6. The molecule has 4 aromatic rings. The number of nitrogens with two attached hydrogens (primary N) is 1. The number of nitrogens with zero attached hydrogens (tertiary/aromatic N) is 3. The van der Waals surface area contributed by atoms with Crippen molar-refractivity contribution in [1.82, 2.24) is 20.6 Å². The quantitative estimate of drug-likeness (QED) is 0.482. The van der Waals surface area contributed by atoms with Gasteiger partial charge in [-0.25, -0.2) is 0 Å². The van der Waals surface area contributed by atoms with Gasteiger partial charge in [-0.2, -0.15) is 5.21 Å².